The van der Waals surface area contributed by atoms with E-state index in [1.54, 1.807) is 22.0 Å². The van der Waals surface area contributed by atoms with Crippen molar-refractivity contribution in [1.82, 2.24) is 14.7 Å². The summed E-state index contributed by atoms with van der Waals surface area (Å²) in [5, 5.41) is 10.6. The highest BCUT2D eigenvalue weighted by molar-refractivity contribution is 5.99. The molecule has 0 radical (unpaired) electrons. The molecule has 3 aliphatic heterocycles. The maximum absolute atomic E-state index is 15.0. The highest BCUT2D eigenvalue weighted by Gasteiger charge is 2.79. The van der Waals surface area contributed by atoms with Gasteiger partial charge in [-0.1, -0.05) is 53.7 Å². The predicted octanol–water partition coefficient (Wildman–Crippen LogP) is 4.81. The maximum Gasteiger partial charge on any atom is 0.249 e. The fourth-order valence-corrected chi connectivity index (χ4v) is 8.45. The minimum absolute atomic E-state index is 0.0539. The summed E-state index contributed by atoms with van der Waals surface area (Å²) in [5.74, 6) is -1.88. The number of hydrogen-bond donors (Lipinski definition) is 1. The van der Waals surface area contributed by atoms with Crippen LogP contribution >= 0.6 is 0 Å². The third-order valence-electron chi connectivity index (χ3n) is 9.49. The number of nitrogens with zero attached hydrogens (tertiary/aromatic N) is 3. The summed E-state index contributed by atoms with van der Waals surface area (Å²) in [6.45, 7) is 27.4. The van der Waals surface area contributed by atoms with Crippen LogP contribution in [0.4, 0.5) is 0 Å². The monoisotopic (exact) mass is 587 g/mol. The number of aliphatic hydroxyl groups excluding tert-OH is 1. The SMILES string of the molecule is C=CCN(CCC)C(=O)[C@H]1[C@H]2C(=O)N([C@@H](CO)CC(C)C)C(C(=O)N(CC=C)C(C)(C)CC(C)(C)C)C23CC[C@]1(C)O3. The van der Waals surface area contributed by atoms with Crippen LogP contribution in [-0.2, 0) is 19.1 Å². The fourth-order valence-electron chi connectivity index (χ4n) is 8.45. The van der Waals surface area contributed by atoms with Gasteiger partial charge in [-0.25, -0.2) is 0 Å². The number of aliphatic hydroxyl groups is 1. The Morgan fingerprint density at radius 3 is 2.24 bits per heavy atom. The summed E-state index contributed by atoms with van der Waals surface area (Å²) >= 11 is 0. The molecule has 3 fully saturated rings. The number of carbonyl (C=O) groups excluding carboxylic acids is 3. The topological polar surface area (TPSA) is 90.4 Å². The smallest absolute Gasteiger partial charge is 0.249 e. The van der Waals surface area contributed by atoms with Gasteiger partial charge in [0.05, 0.1) is 30.1 Å². The second kappa shape index (κ2) is 12.4. The molecule has 0 aromatic heterocycles. The lowest BCUT2D eigenvalue weighted by Gasteiger charge is -2.46. The highest BCUT2D eigenvalue weighted by atomic mass is 16.5. The first-order valence-electron chi connectivity index (χ1n) is 15.9. The Balaban J connectivity index is 2.20. The summed E-state index contributed by atoms with van der Waals surface area (Å²) in [7, 11) is 0. The molecule has 6 atom stereocenters. The number of rotatable bonds is 14. The van der Waals surface area contributed by atoms with Crippen LogP contribution in [0.5, 0.6) is 0 Å². The molecule has 8 nitrogen and oxygen atoms in total. The van der Waals surface area contributed by atoms with Gasteiger partial charge >= 0.3 is 0 Å². The fraction of sp³-hybridized carbons (Fsp3) is 0.794. The molecule has 3 rings (SSSR count). The van der Waals surface area contributed by atoms with Crippen LogP contribution in [0.1, 0.15) is 94.4 Å². The van der Waals surface area contributed by atoms with Crippen molar-refractivity contribution in [3.05, 3.63) is 25.3 Å². The second-order valence-electron chi connectivity index (χ2n) is 15.3. The van der Waals surface area contributed by atoms with Crippen LogP contribution in [0, 0.1) is 23.2 Å². The molecule has 0 saturated carbocycles. The van der Waals surface area contributed by atoms with Crippen LogP contribution in [0.3, 0.4) is 0 Å². The first-order valence-corrected chi connectivity index (χ1v) is 15.9. The number of fused-ring (bicyclic) bond motifs is 1. The first kappa shape index (κ1) is 34.3. The standard InChI is InChI=1S/C34H57N3O5/c1-12-17-35(18-13-2)28(39)25-26-29(40)37(24(21-38)20-23(4)5)27(34(26)16-15-33(25,11)42-34)30(41)36(19-14-3)32(9,10)22-31(6,7)8/h12,14,23-27,38H,1,3,13,15-22H2,2,4-11H3/t24-,25-,26+,27?,33+,34?/m1/s1. The quantitative estimate of drug-likeness (QED) is 0.295. The predicted molar refractivity (Wildman–Crippen MR) is 167 cm³/mol. The van der Waals surface area contributed by atoms with E-state index in [0.717, 1.165) is 12.8 Å². The van der Waals surface area contributed by atoms with E-state index in [-0.39, 0.29) is 35.7 Å². The van der Waals surface area contributed by atoms with Crippen LogP contribution in [0.15, 0.2) is 25.3 Å². The Bertz CT molecular complexity index is 1050. The molecule has 42 heavy (non-hydrogen) atoms. The Morgan fingerprint density at radius 2 is 1.74 bits per heavy atom. The van der Waals surface area contributed by atoms with Gasteiger partial charge in [0.25, 0.3) is 0 Å². The largest absolute Gasteiger partial charge is 0.394 e. The molecular formula is C34H57N3O5. The van der Waals surface area contributed by atoms with Crippen molar-refractivity contribution in [3.63, 3.8) is 0 Å². The van der Waals surface area contributed by atoms with Crippen molar-refractivity contribution < 1.29 is 24.2 Å². The molecule has 238 valence electrons. The zero-order valence-electron chi connectivity index (χ0n) is 27.7. The Labute approximate surface area is 254 Å². The van der Waals surface area contributed by atoms with E-state index in [9.17, 15) is 19.5 Å². The molecular weight excluding hydrogens is 530 g/mol. The van der Waals surface area contributed by atoms with E-state index in [0.29, 0.717) is 38.9 Å². The molecule has 0 aromatic carbocycles. The average molecular weight is 588 g/mol. The summed E-state index contributed by atoms with van der Waals surface area (Å²) in [5.41, 5.74) is -2.60. The van der Waals surface area contributed by atoms with Crippen molar-refractivity contribution in [2.75, 3.05) is 26.2 Å². The first-order chi connectivity index (χ1) is 19.4. The van der Waals surface area contributed by atoms with Gasteiger partial charge in [0.2, 0.25) is 17.7 Å². The van der Waals surface area contributed by atoms with Crippen molar-refractivity contribution in [2.45, 2.75) is 123 Å². The molecule has 1 spiro atoms. The van der Waals surface area contributed by atoms with Crippen molar-refractivity contribution >= 4 is 17.7 Å². The van der Waals surface area contributed by atoms with E-state index in [2.05, 4.69) is 47.8 Å². The number of hydrogen-bond acceptors (Lipinski definition) is 5. The van der Waals surface area contributed by atoms with Gasteiger partial charge in [-0.15, -0.1) is 13.2 Å². The molecule has 2 bridgehead atoms. The number of ether oxygens (including phenoxy) is 1. The van der Waals surface area contributed by atoms with Crippen LogP contribution in [-0.4, -0.2) is 92.6 Å². The van der Waals surface area contributed by atoms with Gasteiger partial charge < -0.3 is 24.5 Å². The third-order valence-corrected chi connectivity index (χ3v) is 9.49. The molecule has 2 unspecified atom stereocenters. The third kappa shape index (κ3) is 6.08. The summed E-state index contributed by atoms with van der Waals surface area (Å²) in [4.78, 5) is 49.1. The molecule has 3 heterocycles. The zero-order valence-corrected chi connectivity index (χ0v) is 27.7. The molecule has 3 aliphatic rings. The zero-order chi connectivity index (χ0) is 31.8. The summed E-state index contributed by atoms with van der Waals surface area (Å²) in [6.07, 6.45) is 6.59. The molecule has 0 aromatic rings. The Morgan fingerprint density at radius 1 is 1.12 bits per heavy atom. The normalized spacial score (nSPS) is 29.5. The van der Waals surface area contributed by atoms with E-state index in [1.165, 1.54) is 0 Å². The van der Waals surface area contributed by atoms with Gasteiger partial charge in [-0.3, -0.25) is 14.4 Å². The lowest BCUT2D eigenvalue weighted by Crippen LogP contribution is -2.62. The summed E-state index contributed by atoms with van der Waals surface area (Å²) in [6, 6.07) is -1.50. The Hall–Kier alpha value is -2.19. The molecule has 8 heteroatoms. The minimum atomic E-state index is -1.14. The van der Waals surface area contributed by atoms with Crippen molar-refractivity contribution in [2.24, 2.45) is 23.2 Å². The lowest BCUT2D eigenvalue weighted by atomic mass is 9.66. The van der Waals surface area contributed by atoms with Gasteiger partial charge in [0.15, 0.2) is 0 Å². The maximum atomic E-state index is 15.0. The Kier molecular flexibility index (Phi) is 10.2. The average Bonchev–Trinajstić information content (AvgIpc) is 3.44. The number of likely N-dealkylation sites (tertiary alicyclic amines) is 1. The second-order valence-corrected chi connectivity index (χ2v) is 15.3. The molecule has 0 aliphatic carbocycles. The van der Waals surface area contributed by atoms with Crippen LogP contribution in [0.25, 0.3) is 0 Å². The van der Waals surface area contributed by atoms with Gasteiger partial charge in [0.1, 0.15) is 11.6 Å². The van der Waals surface area contributed by atoms with Gasteiger partial charge in [-0.2, -0.15) is 0 Å². The molecule has 3 saturated heterocycles. The van der Waals surface area contributed by atoms with Crippen molar-refractivity contribution in [1.29, 1.82) is 0 Å². The van der Waals surface area contributed by atoms with Crippen molar-refractivity contribution in [3.8, 4) is 0 Å². The number of amides is 3. The van der Waals surface area contributed by atoms with E-state index >= 15 is 0 Å². The van der Waals surface area contributed by atoms with E-state index < -0.39 is 40.7 Å². The minimum Gasteiger partial charge on any atom is -0.394 e. The van der Waals surface area contributed by atoms with E-state index in [4.69, 9.17) is 4.74 Å². The number of carbonyl (C=O) groups is 3. The lowest BCUT2D eigenvalue weighted by molar-refractivity contribution is -0.160. The van der Waals surface area contributed by atoms with Crippen LogP contribution in [0.2, 0.25) is 0 Å². The van der Waals surface area contributed by atoms with E-state index in [1.807, 2.05) is 32.6 Å². The summed E-state index contributed by atoms with van der Waals surface area (Å²) < 4.78 is 6.90. The van der Waals surface area contributed by atoms with Gasteiger partial charge in [-0.05, 0) is 64.2 Å². The molecule has 3 amide bonds. The molecule has 1 N–H and O–H groups in total. The van der Waals surface area contributed by atoms with Crippen LogP contribution < -0.4 is 0 Å². The van der Waals surface area contributed by atoms with Gasteiger partial charge in [0, 0.05) is 25.2 Å². The highest BCUT2D eigenvalue weighted by Crippen LogP contribution is 2.64.